The predicted molar refractivity (Wildman–Crippen MR) is 108 cm³/mol. The summed E-state index contributed by atoms with van der Waals surface area (Å²) in [5, 5.41) is 3.73. The molecule has 0 aliphatic carbocycles. The van der Waals surface area contributed by atoms with Crippen LogP contribution in [0.1, 0.15) is 41.2 Å². The molecule has 6 nitrogen and oxygen atoms in total. The molecule has 0 aliphatic rings. The maximum Gasteiger partial charge on any atom is 0.337 e. The van der Waals surface area contributed by atoms with Crippen molar-refractivity contribution in [1.82, 2.24) is 9.55 Å². The Kier molecular flexibility index (Phi) is 7.07. The fourth-order valence-corrected chi connectivity index (χ4v) is 3.53. The number of imidazole rings is 1. The maximum atomic E-state index is 12.4. The standard InChI is InChI=1S/C20H27N3O3S/c1-12(2)10-23-15(5)14(4)21-20(23)27-11-18(24)22-17-9-16(19(25)26-6)8-7-13(17)3/h7-9,12H,10-11H2,1-6H3,(H,22,24). The van der Waals surface area contributed by atoms with Crippen LogP contribution in [0.25, 0.3) is 0 Å². The number of thioether (sulfide) groups is 1. The summed E-state index contributed by atoms with van der Waals surface area (Å²) in [7, 11) is 1.33. The van der Waals surface area contributed by atoms with Gasteiger partial charge >= 0.3 is 5.97 Å². The third-order valence-corrected chi connectivity index (χ3v) is 5.21. The molecule has 0 spiro atoms. The number of carbonyl (C=O) groups is 2. The van der Waals surface area contributed by atoms with Crippen molar-refractivity contribution < 1.29 is 14.3 Å². The van der Waals surface area contributed by atoms with E-state index in [4.69, 9.17) is 4.74 Å². The summed E-state index contributed by atoms with van der Waals surface area (Å²) in [4.78, 5) is 28.7. The van der Waals surface area contributed by atoms with Crippen LogP contribution in [0.4, 0.5) is 5.69 Å². The second kappa shape index (κ2) is 9.08. The Bertz CT molecular complexity index is 843. The van der Waals surface area contributed by atoms with Gasteiger partial charge < -0.3 is 14.6 Å². The van der Waals surface area contributed by atoms with Gasteiger partial charge in [0.1, 0.15) is 0 Å². The second-order valence-corrected chi connectivity index (χ2v) is 7.87. The number of ether oxygens (including phenoxy) is 1. The first-order valence-electron chi connectivity index (χ1n) is 8.88. The quantitative estimate of drug-likeness (QED) is 0.573. The van der Waals surface area contributed by atoms with Gasteiger partial charge in [-0.1, -0.05) is 31.7 Å². The fourth-order valence-electron chi connectivity index (χ4n) is 2.63. The molecular formula is C20H27N3O3S. The molecule has 1 aromatic heterocycles. The lowest BCUT2D eigenvalue weighted by Gasteiger charge is -2.13. The van der Waals surface area contributed by atoms with Gasteiger partial charge in [0, 0.05) is 17.9 Å². The minimum atomic E-state index is -0.429. The van der Waals surface area contributed by atoms with Crippen molar-refractivity contribution in [3.63, 3.8) is 0 Å². The number of rotatable bonds is 7. The van der Waals surface area contributed by atoms with Crippen LogP contribution in [0.15, 0.2) is 23.4 Å². The van der Waals surface area contributed by atoms with Gasteiger partial charge in [0.05, 0.1) is 24.1 Å². The van der Waals surface area contributed by atoms with E-state index in [9.17, 15) is 9.59 Å². The number of esters is 1. The third-order valence-electron chi connectivity index (χ3n) is 4.24. The van der Waals surface area contributed by atoms with Crippen molar-refractivity contribution in [2.75, 3.05) is 18.2 Å². The number of amides is 1. The first-order valence-corrected chi connectivity index (χ1v) is 9.86. The maximum absolute atomic E-state index is 12.4. The van der Waals surface area contributed by atoms with Gasteiger partial charge in [-0.25, -0.2) is 9.78 Å². The molecule has 1 amide bonds. The molecule has 0 atom stereocenters. The number of methoxy groups -OCH3 is 1. The van der Waals surface area contributed by atoms with Crippen molar-refractivity contribution >= 4 is 29.3 Å². The van der Waals surface area contributed by atoms with E-state index in [1.165, 1.54) is 18.9 Å². The number of carbonyl (C=O) groups excluding carboxylic acids is 2. The normalized spacial score (nSPS) is 10.9. The van der Waals surface area contributed by atoms with Crippen LogP contribution in [0.2, 0.25) is 0 Å². The molecule has 27 heavy (non-hydrogen) atoms. The van der Waals surface area contributed by atoms with E-state index in [0.29, 0.717) is 17.2 Å². The lowest BCUT2D eigenvalue weighted by Crippen LogP contribution is -2.16. The van der Waals surface area contributed by atoms with Gasteiger partial charge in [-0.2, -0.15) is 0 Å². The first kappa shape index (κ1) is 21.0. The van der Waals surface area contributed by atoms with E-state index in [1.54, 1.807) is 18.2 Å². The van der Waals surface area contributed by atoms with Crippen LogP contribution >= 0.6 is 11.8 Å². The summed E-state index contributed by atoms with van der Waals surface area (Å²) in [6, 6.07) is 5.11. The molecule has 146 valence electrons. The van der Waals surface area contributed by atoms with Crippen LogP contribution in [0, 0.1) is 26.7 Å². The number of aromatic nitrogens is 2. The molecule has 0 saturated carbocycles. The van der Waals surface area contributed by atoms with Gasteiger partial charge in [0.2, 0.25) is 5.91 Å². The lowest BCUT2D eigenvalue weighted by atomic mass is 10.1. The second-order valence-electron chi connectivity index (χ2n) is 6.93. The van der Waals surface area contributed by atoms with Crippen LogP contribution in [0.5, 0.6) is 0 Å². The molecule has 2 rings (SSSR count). The largest absolute Gasteiger partial charge is 0.465 e. The molecule has 1 heterocycles. The van der Waals surface area contributed by atoms with Crippen molar-refractivity contribution in [1.29, 1.82) is 0 Å². The predicted octanol–water partition coefficient (Wildman–Crippen LogP) is 3.98. The highest BCUT2D eigenvalue weighted by atomic mass is 32.2. The zero-order valence-corrected chi connectivity index (χ0v) is 17.6. The molecule has 0 radical (unpaired) electrons. The highest BCUT2D eigenvalue weighted by molar-refractivity contribution is 7.99. The van der Waals surface area contributed by atoms with Crippen LogP contribution in [-0.4, -0.2) is 34.3 Å². The topological polar surface area (TPSA) is 73.2 Å². The Morgan fingerprint density at radius 2 is 1.96 bits per heavy atom. The molecule has 2 aromatic rings. The zero-order chi connectivity index (χ0) is 20.1. The van der Waals surface area contributed by atoms with E-state index >= 15 is 0 Å². The summed E-state index contributed by atoms with van der Waals surface area (Å²) in [5.74, 6) is 0.172. The molecule has 0 unspecified atom stereocenters. The smallest absolute Gasteiger partial charge is 0.337 e. The zero-order valence-electron chi connectivity index (χ0n) is 16.8. The van der Waals surface area contributed by atoms with E-state index in [0.717, 1.165) is 28.7 Å². The molecule has 0 fully saturated rings. The first-order chi connectivity index (χ1) is 12.7. The van der Waals surface area contributed by atoms with E-state index in [2.05, 4.69) is 35.6 Å². The summed E-state index contributed by atoms with van der Waals surface area (Å²) < 4.78 is 6.90. The average molecular weight is 390 g/mol. The Morgan fingerprint density at radius 3 is 2.59 bits per heavy atom. The van der Waals surface area contributed by atoms with Crippen molar-refractivity contribution in [2.45, 2.75) is 46.3 Å². The minimum Gasteiger partial charge on any atom is -0.465 e. The average Bonchev–Trinajstić information content (AvgIpc) is 2.88. The monoisotopic (exact) mass is 389 g/mol. The van der Waals surface area contributed by atoms with E-state index < -0.39 is 5.97 Å². The summed E-state index contributed by atoms with van der Waals surface area (Å²) in [6.45, 7) is 11.1. The number of aryl methyl sites for hydroxylation is 2. The summed E-state index contributed by atoms with van der Waals surface area (Å²) in [5.41, 5.74) is 4.02. The van der Waals surface area contributed by atoms with Crippen LogP contribution < -0.4 is 5.32 Å². The van der Waals surface area contributed by atoms with Crippen molar-refractivity contribution in [3.8, 4) is 0 Å². The minimum absolute atomic E-state index is 0.139. The van der Waals surface area contributed by atoms with E-state index in [1.807, 2.05) is 13.8 Å². The van der Waals surface area contributed by atoms with Crippen LogP contribution in [0.3, 0.4) is 0 Å². The number of anilines is 1. The molecular weight excluding hydrogens is 362 g/mol. The molecule has 1 N–H and O–H groups in total. The van der Waals surface area contributed by atoms with Gasteiger partial charge in [-0.3, -0.25) is 4.79 Å². The van der Waals surface area contributed by atoms with Crippen LogP contribution in [-0.2, 0) is 16.1 Å². The van der Waals surface area contributed by atoms with Gasteiger partial charge in [-0.15, -0.1) is 0 Å². The Hall–Kier alpha value is -2.28. The number of nitrogens with zero attached hydrogens (tertiary/aromatic N) is 2. The molecule has 7 heteroatoms. The van der Waals surface area contributed by atoms with Gasteiger partial charge in [0.25, 0.3) is 0 Å². The SMILES string of the molecule is COC(=O)c1ccc(C)c(NC(=O)CSc2nc(C)c(C)n2CC(C)C)c1. The van der Waals surface area contributed by atoms with Crippen molar-refractivity contribution in [2.24, 2.45) is 5.92 Å². The van der Waals surface area contributed by atoms with Gasteiger partial charge in [0.15, 0.2) is 5.16 Å². The third kappa shape index (κ3) is 5.35. The number of benzene rings is 1. The lowest BCUT2D eigenvalue weighted by molar-refractivity contribution is -0.113. The Labute approximate surface area is 164 Å². The fraction of sp³-hybridized carbons (Fsp3) is 0.450. The Balaban J connectivity index is 2.07. The number of hydrogen-bond donors (Lipinski definition) is 1. The van der Waals surface area contributed by atoms with Gasteiger partial charge in [-0.05, 0) is 44.4 Å². The Morgan fingerprint density at radius 1 is 1.26 bits per heavy atom. The molecule has 0 aliphatic heterocycles. The highest BCUT2D eigenvalue weighted by Gasteiger charge is 2.15. The molecule has 1 aromatic carbocycles. The highest BCUT2D eigenvalue weighted by Crippen LogP contribution is 2.23. The van der Waals surface area contributed by atoms with Crippen molar-refractivity contribution in [3.05, 3.63) is 40.7 Å². The summed E-state index contributed by atoms with van der Waals surface area (Å²) in [6.07, 6.45) is 0. The number of hydrogen-bond acceptors (Lipinski definition) is 5. The number of nitrogens with one attached hydrogen (secondary N) is 1. The molecule has 0 saturated heterocycles. The summed E-state index contributed by atoms with van der Waals surface area (Å²) >= 11 is 1.42. The van der Waals surface area contributed by atoms with E-state index in [-0.39, 0.29) is 11.7 Å². The molecule has 0 bridgehead atoms.